The van der Waals surface area contributed by atoms with Gasteiger partial charge in [0.2, 0.25) is 0 Å². The number of nitrogens with two attached hydrogens (primary N) is 1. The molecule has 6 nitrogen and oxygen atoms in total. The first-order chi connectivity index (χ1) is 10.6. The molecule has 1 aromatic rings. The minimum atomic E-state index is -0.440. The van der Waals surface area contributed by atoms with Gasteiger partial charge in [0.1, 0.15) is 11.9 Å². The highest BCUT2D eigenvalue weighted by molar-refractivity contribution is 5.89. The summed E-state index contributed by atoms with van der Waals surface area (Å²) in [7, 11) is 0. The van der Waals surface area contributed by atoms with Crippen LogP contribution in [0.2, 0.25) is 0 Å². The number of anilines is 1. The largest absolute Gasteiger partial charge is 0.394 e. The monoisotopic (exact) mass is 311 g/mol. The van der Waals surface area contributed by atoms with Crippen LogP contribution in [0, 0.1) is 5.82 Å². The maximum absolute atomic E-state index is 12.8. The van der Waals surface area contributed by atoms with E-state index < -0.39 is 12.1 Å². The summed E-state index contributed by atoms with van der Waals surface area (Å²) < 4.78 is 18.5. The lowest BCUT2D eigenvalue weighted by atomic mass is 9.97. The average molecular weight is 311 g/mol. The van der Waals surface area contributed by atoms with Crippen molar-refractivity contribution in [3.63, 3.8) is 0 Å². The van der Waals surface area contributed by atoms with Crippen LogP contribution in [0.4, 0.5) is 14.9 Å². The Morgan fingerprint density at radius 3 is 2.73 bits per heavy atom. The molecule has 1 fully saturated rings. The predicted octanol–water partition coefficient (Wildman–Crippen LogP) is 1.20. The van der Waals surface area contributed by atoms with Crippen LogP contribution in [0.15, 0.2) is 24.3 Å². The lowest BCUT2D eigenvalue weighted by Gasteiger charge is -2.36. The Bertz CT molecular complexity index is 483. The highest BCUT2D eigenvalue weighted by atomic mass is 19.1. The first-order valence-electron chi connectivity index (χ1n) is 7.42. The molecule has 0 aliphatic carbocycles. The lowest BCUT2D eigenvalue weighted by Crippen LogP contribution is -2.52. The van der Waals surface area contributed by atoms with E-state index >= 15 is 0 Å². The number of amides is 2. The third kappa shape index (κ3) is 4.66. The molecule has 122 valence electrons. The van der Waals surface area contributed by atoms with Crippen LogP contribution >= 0.6 is 0 Å². The van der Waals surface area contributed by atoms with E-state index in [2.05, 4.69) is 10.6 Å². The Balaban J connectivity index is 1.86. The average Bonchev–Trinajstić information content (AvgIpc) is 2.51. The van der Waals surface area contributed by atoms with Gasteiger partial charge in [-0.1, -0.05) is 0 Å². The Labute approximate surface area is 128 Å². The number of rotatable bonds is 5. The van der Waals surface area contributed by atoms with Crippen molar-refractivity contribution in [2.45, 2.75) is 37.5 Å². The van der Waals surface area contributed by atoms with Crippen LogP contribution in [0.5, 0.6) is 0 Å². The molecular formula is C15H22FN3O3. The van der Waals surface area contributed by atoms with E-state index in [0.29, 0.717) is 18.7 Å². The normalized spacial score (nSPS) is 24.8. The molecule has 1 saturated heterocycles. The van der Waals surface area contributed by atoms with Crippen molar-refractivity contribution in [2.75, 3.05) is 18.5 Å². The van der Waals surface area contributed by atoms with Crippen LogP contribution < -0.4 is 16.4 Å². The number of aliphatic hydroxyl groups excluding tert-OH is 1. The van der Waals surface area contributed by atoms with Crippen molar-refractivity contribution in [3.05, 3.63) is 30.1 Å². The molecule has 2 rings (SSSR count). The van der Waals surface area contributed by atoms with E-state index in [1.165, 1.54) is 24.3 Å². The Morgan fingerprint density at radius 2 is 2.09 bits per heavy atom. The van der Waals surface area contributed by atoms with Gasteiger partial charge in [-0.15, -0.1) is 0 Å². The van der Waals surface area contributed by atoms with Crippen LogP contribution in [-0.4, -0.2) is 42.5 Å². The second-order valence-electron chi connectivity index (χ2n) is 5.35. The van der Waals surface area contributed by atoms with Crippen molar-refractivity contribution in [1.82, 2.24) is 5.32 Å². The van der Waals surface area contributed by atoms with Gasteiger partial charge in [-0.2, -0.15) is 0 Å². The molecule has 22 heavy (non-hydrogen) atoms. The molecule has 2 amide bonds. The van der Waals surface area contributed by atoms with Crippen LogP contribution in [0.1, 0.15) is 19.3 Å². The number of aliphatic hydroxyl groups is 1. The number of carbonyl (C=O) groups is 1. The molecule has 0 radical (unpaired) electrons. The summed E-state index contributed by atoms with van der Waals surface area (Å²) >= 11 is 0. The minimum Gasteiger partial charge on any atom is -0.394 e. The van der Waals surface area contributed by atoms with Gasteiger partial charge in [-0.05, 0) is 50.1 Å². The molecule has 1 aromatic carbocycles. The number of benzene rings is 1. The van der Waals surface area contributed by atoms with Crippen molar-refractivity contribution < 1.29 is 19.0 Å². The van der Waals surface area contributed by atoms with Gasteiger partial charge in [0, 0.05) is 5.69 Å². The number of hydrogen-bond acceptors (Lipinski definition) is 4. The number of halogens is 1. The maximum atomic E-state index is 12.8. The van der Waals surface area contributed by atoms with Gasteiger partial charge >= 0.3 is 6.03 Å². The van der Waals surface area contributed by atoms with Gasteiger partial charge in [-0.25, -0.2) is 9.18 Å². The van der Waals surface area contributed by atoms with Gasteiger partial charge in [-0.3, -0.25) is 0 Å². The SMILES string of the molecule is NCC[C@H]1CC[C@H](NC(=O)Nc2ccc(F)cc2)[C@H](CO)O1. The standard InChI is InChI=1S/C15H22FN3O3/c16-10-1-3-11(4-2-10)18-15(21)19-13-6-5-12(7-8-17)22-14(13)9-20/h1-4,12-14,20H,5-9,17H2,(H2,18,19,21)/t12-,13+,14+/m1/s1. The molecule has 5 N–H and O–H groups in total. The van der Waals surface area contributed by atoms with E-state index in [1.54, 1.807) is 0 Å². The van der Waals surface area contributed by atoms with Gasteiger partial charge in [0.15, 0.2) is 0 Å². The fourth-order valence-electron chi connectivity index (χ4n) is 2.56. The zero-order valence-corrected chi connectivity index (χ0v) is 12.3. The van der Waals surface area contributed by atoms with E-state index in [0.717, 1.165) is 12.8 Å². The molecule has 1 aliphatic rings. The van der Waals surface area contributed by atoms with Gasteiger partial charge in [0.25, 0.3) is 0 Å². The molecule has 0 spiro atoms. The summed E-state index contributed by atoms with van der Waals surface area (Å²) in [6.45, 7) is 0.370. The second kappa shape index (κ2) is 8.07. The van der Waals surface area contributed by atoms with Crippen molar-refractivity contribution in [2.24, 2.45) is 5.73 Å². The quantitative estimate of drug-likeness (QED) is 0.657. The molecule has 0 bridgehead atoms. The summed E-state index contributed by atoms with van der Waals surface area (Å²) in [6.07, 6.45) is 1.83. The fraction of sp³-hybridized carbons (Fsp3) is 0.533. The molecule has 3 atom stereocenters. The number of ether oxygens (including phenoxy) is 1. The smallest absolute Gasteiger partial charge is 0.319 e. The number of urea groups is 1. The summed E-state index contributed by atoms with van der Waals surface area (Å²) in [5.41, 5.74) is 6.01. The lowest BCUT2D eigenvalue weighted by molar-refractivity contribution is -0.0881. The molecular weight excluding hydrogens is 289 g/mol. The third-order valence-electron chi connectivity index (χ3n) is 3.70. The van der Waals surface area contributed by atoms with Crippen LogP contribution in [-0.2, 0) is 4.74 Å². The summed E-state index contributed by atoms with van der Waals surface area (Å²) in [6, 6.07) is 4.83. The summed E-state index contributed by atoms with van der Waals surface area (Å²) in [5, 5.41) is 14.8. The predicted molar refractivity (Wildman–Crippen MR) is 81.0 cm³/mol. The maximum Gasteiger partial charge on any atom is 0.319 e. The van der Waals surface area contributed by atoms with E-state index in [4.69, 9.17) is 10.5 Å². The Morgan fingerprint density at radius 1 is 1.36 bits per heavy atom. The van der Waals surface area contributed by atoms with Gasteiger partial charge < -0.3 is 26.2 Å². The van der Waals surface area contributed by atoms with Gasteiger partial charge in [0.05, 0.1) is 18.8 Å². The van der Waals surface area contributed by atoms with E-state index in [9.17, 15) is 14.3 Å². The zero-order valence-electron chi connectivity index (χ0n) is 12.3. The Hall–Kier alpha value is -1.70. The van der Waals surface area contributed by atoms with Crippen LogP contribution in [0.3, 0.4) is 0 Å². The fourth-order valence-corrected chi connectivity index (χ4v) is 2.56. The van der Waals surface area contributed by atoms with Crippen molar-refractivity contribution in [3.8, 4) is 0 Å². The molecule has 0 saturated carbocycles. The highest BCUT2D eigenvalue weighted by Crippen LogP contribution is 2.21. The minimum absolute atomic E-state index is 0.0281. The van der Waals surface area contributed by atoms with Crippen molar-refractivity contribution in [1.29, 1.82) is 0 Å². The third-order valence-corrected chi connectivity index (χ3v) is 3.70. The topological polar surface area (TPSA) is 96.6 Å². The first-order valence-corrected chi connectivity index (χ1v) is 7.42. The number of carbonyl (C=O) groups excluding carboxylic acids is 1. The molecule has 1 heterocycles. The zero-order chi connectivity index (χ0) is 15.9. The molecule has 0 aromatic heterocycles. The van der Waals surface area contributed by atoms with Crippen molar-refractivity contribution >= 4 is 11.7 Å². The number of hydrogen-bond donors (Lipinski definition) is 4. The number of nitrogens with one attached hydrogen (secondary N) is 2. The summed E-state index contributed by atoms with van der Waals surface area (Å²) in [4.78, 5) is 12.0. The molecule has 0 unspecified atom stereocenters. The molecule has 1 aliphatic heterocycles. The highest BCUT2D eigenvalue weighted by Gasteiger charge is 2.31. The second-order valence-corrected chi connectivity index (χ2v) is 5.35. The molecule has 7 heteroatoms. The van der Waals surface area contributed by atoms with E-state index in [1.807, 2.05) is 0 Å². The first kappa shape index (κ1) is 16.7. The summed E-state index contributed by atoms with van der Waals surface area (Å²) in [5.74, 6) is -0.363. The Kier molecular flexibility index (Phi) is 6.11. The van der Waals surface area contributed by atoms with E-state index in [-0.39, 0.29) is 24.6 Å². The van der Waals surface area contributed by atoms with Crippen LogP contribution in [0.25, 0.3) is 0 Å².